The van der Waals surface area contributed by atoms with Crippen molar-refractivity contribution < 1.29 is 0 Å². The smallest absolute Gasteiger partial charge is 0.323 e. The third-order valence-corrected chi connectivity index (χ3v) is 7.02. The Bertz CT molecular complexity index is 1820. The van der Waals surface area contributed by atoms with Crippen LogP contribution in [0, 0.1) is 0 Å². The third kappa shape index (κ3) is 4.90. The largest absolute Gasteiger partial charge is 0.329 e. The summed E-state index contributed by atoms with van der Waals surface area (Å²) in [5, 5.41) is 5.95. The third-order valence-electron chi connectivity index (χ3n) is 7.02. The van der Waals surface area contributed by atoms with Crippen LogP contribution in [-0.4, -0.2) is 15.3 Å². The maximum absolute atomic E-state index is 14.3. The highest BCUT2D eigenvalue weighted by molar-refractivity contribution is 5.83. The van der Waals surface area contributed by atoms with E-state index in [2.05, 4.69) is 59.7 Å². The van der Waals surface area contributed by atoms with E-state index in [0.717, 1.165) is 44.6 Å². The Labute approximate surface area is 227 Å². The van der Waals surface area contributed by atoms with E-state index in [1.165, 1.54) is 5.39 Å². The quantitative estimate of drug-likeness (QED) is 0.151. The maximum atomic E-state index is 14.3. The Morgan fingerprint density at radius 1 is 0.590 bits per heavy atom. The molecular formula is C34H28N4O. The Balaban J connectivity index is 1.55. The zero-order valence-corrected chi connectivity index (χ0v) is 21.4. The van der Waals surface area contributed by atoms with Gasteiger partial charge in [0.05, 0.1) is 30.7 Å². The SMILES string of the molecule is NN=Cc1ccc(Cn2c(-c3ccccc3)c(-c3ccccc3)n(Cc3ccc4ccccc4c3)c2=O)cc1. The van der Waals surface area contributed by atoms with Crippen molar-refractivity contribution in [3.63, 3.8) is 0 Å². The van der Waals surface area contributed by atoms with E-state index >= 15 is 0 Å². The van der Waals surface area contributed by atoms with Crippen LogP contribution >= 0.6 is 0 Å². The van der Waals surface area contributed by atoms with Crippen molar-refractivity contribution in [1.82, 2.24) is 9.13 Å². The molecule has 5 heteroatoms. The van der Waals surface area contributed by atoms with Gasteiger partial charge in [-0.25, -0.2) is 4.79 Å². The normalized spacial score (nSPS) is 11.4. The summed E-state index contributed by atoms with van der Waals surface area (Å²) in [6, 6.07) is 43.0. The van der Waals surface area contributed by atoms with Gasteiger partial charge in [0.2, 0.25) is 0 Å². The molecule has 1 heterocycles. The molecule has 0 amide bonds. The molecule has 1 aromatic heterocycles. The van der Waals surface area contributed by atoms with Crippen molar-refractivity contribution >= 4 is 17.0 Å². The van der Waals surface area contributed by atoms with Crippen LogP contribution in [0.15, 0.2) is 137 Å². The van der Waals surface area contributed by atoms with Crippen molar-refractivity contribution in [3.8, 4) is 22.5 Å². The standard InChI is InChI=1S/C34H28N4O/c35-36-22-25-15-17-26(18-16-25)23-37-32(29-10-3-1-4-11-29)33(30-12-5-2-6-13-30)38(34(37)39)24-27-19-20-28-9-7-8-14-31(28)21-27/h1-22H,23-24,35H2. The van der Waals surface area contributed by atoms with Crippen molar-refractivity contribution in [3.05, 3.63) is 155 Å². The van der Waals surface area contributed by atoms with Gasteiger partial charge in [0, 0.05) is 11.1 Å². The Kier molecular flexibility index (Phi) is 6.62. The van der Waals surface area contributed by atoms with Gasteiger partial charge in [-0.1, -0.05) is 121 Å². The van der Waals surface area contributed by atoms with Crippen LogP contribution in [0.5, 0.6) is 0 Å². The molecule has 6 rings (SSSR count). The Hall–Kier alpha value is -5.16. The van der Waals surface area contributed by atoms with Crippen LogP contribution in [-0.2, 0) is 13.1 Å². The summed E-state index contributed by atoms with van der Waals surface area (Å²) in [7, 11) is 0. The van der Waals surface area contributed by atoms with Crippen molar-refractivity contribution in [2.45, 2.75) is 13.1 Å². The van der Waals surface area contributed by atoms with Crippen molar-refractivity contribution in [1.29, 1.82) is 0 Å². The number of fused-ring (bicyclic) bond motifs is 1. The molecular weight excluding hydrogens is 480 g/mol. The lowest BCUT2D eigenvalue weighted by atomic mass is 10.0. The van der Waals surface area contributed by atoms with Gasteiger partial charge < -0.3 is 5.84 Å². The summed E-state index contributed by atoms with van der Waals surface area (Å²) in [4.78, 5) is 14.3. The van der Waals surface area contributed by atoms with Crippen LogP contribution in [0.1, 0.15) is 16.7 Å². The second-order valence-electron chi connectivity index (χ2n) is 9.59. The van der Waals surface area contributed by atoms with E-state index in [-0.39, 0.29) is 5.69 Å². The van der Waals surface area contributed by atoms with E-state index in [9.17, 15) is 4.79 Å². The number of imidazole rings is 1. The van der Waals surface area contributed by atoms with Crippen LogP contribution in [0.3, 0.4) is 0 Å². The number of hydrazone groups is 1. The molecule has 190 valence electrons. The minimum Gasteiger partial charge on any atom is -0.323 e. The molecule has 0 fully saturated rings. The van der Waals surface area contributed by atoms with Crippen LogP contribution in [0.25, 0.3) is 33.3 Å². The van der Waals surface area contributed by atoms with E-state index in [1.54, 1.807) is 6.21 Å². The molecule has 0 aliphatic rings. The zero-order valence-electron chi connectivity index (χ0n) is 21.4. The number of rotatable bonds is 7. The molecule has 0 unspecified atom stereocenters. The highest BCUT2D eigenvalue weighted by atomic mass is 16.1. The average molecular weight is 509 g/mol. The lowest BCUT2D eigenvalue weighted by Gasteiger charge is -2.12. The molecule has 0 spiro atoms. The fraction of sp³-hybridized carbons (Fsp3) is 0.0588. The lowest BCUT2D eigenvalue weighted by molar-refractivity contribution is 0.689. The predicted octanol–water partition coefficient (Wildman–Crippen LogP) is 6.53. The molecule has 0 saturated carbocycles. The first-order valence-corrected chi connectivity index (χ1v) is 13.0. The first kappa shape index (κ1) is 24.2. The first-order valence-electron chi connectivity index (χ1n) is 13.0. The molecule has 0 aliphatic heterocycles. The number of aromatic nitrogens is 2. The summed E-state index contributed by atoms with van der Waals surface area (Å²) in [5.74, 6) is 5.32. The number of nitrogens with two attached hydrogens (primary N) is 1. The minimum absolute atomic E-state index is 0.0477. The monoisotopic (exact) mass is 508 g/mol. The summed E-state index contributed by atoms with van der Waals surface area (Å²) in [6.07, 6.45) is 1.61. The number of hydrogen-bond acceptors (Lipinski definition) is 3. The highest BCUT2D eigenvalue weighted by Crippen LogP contribution is 2.33. The lowest BCUT2D eigenvalue weighted by Crippen LogP contribution is -2.26. The van der Waals surface area contributed by atoms with E-state index < -0.39 is 0 Å². The zero-order chi connectivity index (χ0) is 26.6. The molecule has 2 N–H and O–H groups in total. The molecule has 0 radical (unpaired) electrons. The first-order chi connectivity index (χ1) is 19.2. The summed E-state index contributed by atoms with van der Waals surface area (Å²) in [5.41, 5.74) is 6.78. The molecule has 6 aromatic rings. The van der Waals surface area contributed by atoms with Gasteiger partial charge in [-0.2, -0.15) is 5.10 Å². The van der Waals surface area contributed by atoms with Gasteiger partial charge in [0.1, 0.15) is 0 Å². The van der Waals surface area contributed by atoms with E-state index in [4.69, 9.17) is 5.84 Å². The topological polar surface area (TPSA) is 65.3 Å². The fourth-order valence-electron chi connectivity index (χ4n) is 5.16. The molecule has 0 bridgehead atoms. The van der Waals surface area contributed by atoms with Gasteiger partial charge >= 0.3 is 5.69 Å². The summed E-state index contributed by atoms with van der Waals surface area (Å²) >= 11 is 0. The molecule has 39 heavy (non-hydrogen) atoms. The van der Waals surface area contributed by atoms with Gasteiger partial charge in [0.25, 0.3) is 0 Å². The number of hydrogen-bond donors (Lipinski definition) is 1. The molecule has 5 aromatic carbocycles. The van der Waals surface area contributed by atoms with Gasteiger partial charge in [-0.3, -0.25) is 9.13 Å². The van der Waals surface area contributed by atoms with Crippen molar-refractivity contribution in [2.24, 2.45) is 10.9 Å². The molecule has 0 saturated heterocycles. The Morgan fingerprint density at radius 3 is 1.69 bits per heavy atom. The summed E-state index contributed by atoms with van der Waals surface area (Å²) in [6.45, 7) is 0.903. The minimum atomic E-state index is -0.0477. The van der Waals surface area contributed by atoms with Crippen LogP contribution < -0.4 is 11.5 Å². The van der Waals surface area contributed by atoms with Gasteiger partial charge in [-0.15, -0.1) is 0 Å². The van der Waals surface area contributed by atoms with Crippen LogP contribution in [0.4, 0.5) is 0 Å². The van der Waals surface area contributed by atoms with Gasteiger partial charge in [-0.05, 0) is 33.5 Å². The maximum Gasteiger partial charge on any atom is 0.329 e. The number of nitrogens with zero attached hydrogens (tertiary/aromatic N) is 3. The van der Waals surface area contributed by atoms with Crippen molar-refractivity contribution in [2.75, 3.05) is 0 Å². The average Bonchev–Trinajstić information content (AvgIpc) is 3.25. The fourth-order valence-corrected chi connectivity index (χ4v) is 5.16. The van der Waals surface area contributed by atoms with Gasteiger partial charge in [0.15, 0.2) is 0 Å². The predicted molar refractivity (Wildman–Crippen MR) is 160 cm³/mol. The van der Waals surface area contributed by atoms with E-state index in [1.807, 2.05) is 81.9 Å². The highest BCUT2D eigenvalue weighted by Gasteiger charge is 2.23. The van der Waals surface area contributed by atoms with E-state index in [0.29, 0.717) is 13.1 Å². The summed E-state index contributed by atoms with van der Waals surface area (Å²) < 4.78 is 3.81. The molecule has 0 atom stereocenters. The number of benzene rings is 5. The second-order valence-corrected chi connectivity index (χ2v) is 9.59. The second kappa shape index (κ2) is 10.7. The molecule has 0 aliphatic carbocycles. The Morgan fingerprint density at radius 2 is 1.10 bits per heavy atom. The van der Waals surface area contributed by atoms with Crippen LogP contribution in [0.2, 0.25) is 0 Å². The molecule has 5 nitrogen and oxygen atoms in total.